The van der Waals surface area contributed by atoms with Gasteiger partial charge in [-0.25, -0.2) is 0 Å². The number of benzene rings is 1. The third kappa shape index (κ3) is 3.03. The highest BCUT2D eigenvalue weighted by Gasteiger charge is 2.25. The van der Waals surface area contributed by atoms with Gasteiger partial charge in [0.2, 0.25) is 5.82 Å². The standard InChI is InChI=1S/C12H16N6O2S/c19-21(20,18-8-4-1-5-9-18)15-11-7-3-2-6-10(11)12-13-16-17-14-12/h2-3,6-7,15H,1,4-5,8-9H2,(H,13,14,16,17). The lowest BCUT2D eigenvalue weighted by Crippen LogP contribution is -2.39. The van der Waals surface area contributed by atoms with Crippen LogP contribution in [0, 0.1) is 0 Å². The Labute approximate surface area is 122 Å². The van der Waals surface area contributed by atoms with Crippen LogP contribution < -0.4 is 4.72 Å². The molecule has 2 aromatic rings. The van der Waals surface area contributed by atoms with Gasteiger partial charge >= 0.3 is 10.2 Å². The van der Waals surface area contributed by atoms with E-state index in [1.54, 1.807) is 24.3 Å². The van der Waals surface area contributed by atoms with E-state index < -0.39 is 10.2 Å². The van der Waals surface area contributed by atoms with Gasteiger partial charge in [0.25, 0.3) is 0 Å². The van der Waals surface area contributed by atoms with Gasteiger partial charge < -0.3 is 0 Å². The molecule has 9 heteroatoms. The maximum absolute atomic E-state index is 12.4. The minimum atomic E-state index is -3.55. The first-order valence-electron chi connectivity index (χ1n) is 6.77. The van der Waals surface area contributed by atoms with Crippen molar-refractivity contribution < 1.29 is 8.42 Å². The zero-order valence-corrected chi connectivity index (χ0v) is 12.2. The van der Waals surface area contributed by atoms with Gasteiger partial charge in [-0.3, -0.25) is 4.72 Å². The van der Waals surface area contributed by atoms with E-state index in [2.05, 4.69) is 25.3 Å². The van der Waals surface area contributed by atoms with Crippen LogP contribution in [0.15, 0.2) is 24.3 Å². The van der Waals surface area contributed by atoms with Crippen LogP contribution in [0.2, 0.25) is 0 Å². The fourth-order valence-electron chi connectivity index (χ4n) is 2.35. The Morgan fingerprint density at radius 1 is 1.14 bits per heavy atom. The number of hydrogen-bond acceptors (Lipinski definition) is 5. The number of tetrazole rings is 1. The molecule has 1 aliphatic rings. The van der Waals surface area contributed by atoms with Crippen LogP contribution in [0.4, 0.5) is 5.69 Å². The van der Waals surface area contributed by atoms with Crippen LogP contribution in [0.3, 0.4) is 0 Å². The highest BCUT2D eigenvalue weighted by Crippen LogP contribution is 2.26. The lowest BCUT2D eigenvalue weighted by atomic mass is 10.2. The zero-order chi connectivity index (χ0) is 14.7. The summed E-state index contributed by atoms with van der Waals surface area (Å²) in [5, 5.41) is 13.7. The molecule has 3 rings (SSSR count). The van der Waals surface area contributed by atoms with Crippen molar-refractivity contribution in [3.8, 4) is 11.4 Å². The summed E-state index contributed by atoms with van der Waals surface area (Å²) in [7, 11) is -3.55. The molecule has 1 aromatic heterocycles. The molecule has 0 unspecified atom stereocenters. The van der Waals surface area contributed by atoms with Crippen LogP contribution in [-0.4, -0.2) is 46.4 Å². The SMILES string of the molecule is O=S(=O)(Nc1ccccc1-c1nn[nH]n1)N1CCCCC1. The Bertz CT molecular complexity index is 694. The number of aromatic nitrogens is 4. The Hall–Kier alpha value is -2.00. The van der Waals surface area contributed by atoms with Crippen molar-refractivity contribution in [3.05, 3.63) is 24.3 Å². The van der Waals surface area contributed by atoms with Gasteiger partial charge in [-0.05, 0) is 30.2 Å². The number of anilines is 1. The predicted octanol–water partition coefficient (Wildman–Crippen LogP) is 1.01. The third-order valence-electron chi connectivity index (χ3n) is 3.41. The molecule has 2 N–H and O–H groups in total. The van der Waals surface area contributed by atoms with Crippen LogP contribution in [-0.2, 0) is 10.2 Å². The topological polar surface area (TPSA) is 104 Å². The highest BCUT2D eigenvalue weighted by molar-refractivity contribution is 7.90. The molecule has 0 atom stereocenters. The number of hydrogen-bond donors (Lipinski definition) is 2. The van der Waals surface area contributed by atoms with E-state index >= 15 is 0 Å². The quantitative estimate of drug-likeness (QED) is 0.877. The molecule has 1 saturated heterocycles. The van der Waals surface area contributed by atoms with E-state index in [1.807, 2.05) is 0 Å². The molecular weight excluding hydrogens is 292 g/mol. The molecule has 0 amide bonds. The first-order chi connectivity index (χ1) is 10.2. The molecule has 112 valence electrons. The number of aromatic amines is 1. The lowest BCUT2D eigenvalue weighted by Gasteiger charge is -2.26. The van der Waals surface area contributed by atoms with E-state index in [0.717, 1.165) is 19.3 Å². The number of piperidine rings is 1. The fraction of sp³-hybridized carbons (Fsp3) is 0.417. The van der Waals surface area contributed by atoms with E-state index in [-0.39, 0.29) is 0 Å². The summed E-state index contributed by atoms with van der Waals surface area (Å²) in [6.45, 7) is 1.11. The fourth-order valence-corrected chi connectivity index (χ4v) is 3.68. The van der Waals surface area contributed by atoms with Crippen LogP contribution in [0.25, 0.3) is 11.4 Å². The van der Waals surface area contributed by atoms with E-state index in [1.165, 1.54) is 4.31 Å². The first-order valence-corrected chi connectivity index (χ1v) is 8.21. The molecule has 0 spiro atoms. The highest BCUT2D eigenvalue weighted by atomic mass is 32.2. The van der Waals surface area contributed by atoms with Gasteiger partial charge in [0.05, 0.1) is 5.69 Å². The molecule has 1 aliphatic heterocycles. The second-order valence-corrected chi connectivity index (χ2v) is 6.52. The molecule has 1 fully saturated rings. The predicted molar refractivity (Wildman–Crippen MR) is 77.6 cm³/mol. The molecule has 0 bridgehead atoms. The van der Waals surface area contributed by atoms with Gasteiger partial charge in [0.1, 0.15) is 0 Å². The van der Waals surface area contributed by atoms with Crippen LogP contribution in [0.1, 0.15) is 19.3 Å². The molecule has 2 heterocycles. The minimum absolute atomic E-state index is 0.354. The van der Waals surface area contributed by atoms with Crippen molar-refractivity contribution in [2.24, 2.45) is 0 Å². The number of H-pyrrole nitrogens is 1. The summed E-state index contributed by atoms with van der Waals surface area (Å²) in [5.41, 5.74) is 1.04. The summed E-state index contributed by atoms with van der Waals surface area (Å²) in [5.74, 6) is 0.354. The number of para-hydroxylation sites is 1. The molecule has 8 nitrogen and oxygen atoms in total. The minimum Gasteiger partial charge on any atom is -0.270 e. The van der Waals surface area contributed by atoms with Crippen LogP contribution in [0.5, 0.6) is 0 Å². The average molecular weight is 308 g/mol. The molecule has 0 aliphatic carbocycles. The molecule has 1 aromatic carbocycles. The average Bonchev–Trinajstić information content (AvgIpc) is 3.02. The van der Waals surface area contributed by atoms with Crippen molar-refractivity contribution in [1.29, 1.82) is 0 Å². The van der Waals surface area contributed by atoms with Gasteiger partial charge in [-0.15, -0.1) is 10.2 Å². The van der Waals surface area contributed by atoms with Crippen molar-refractivity contribution >= 4 is 15.9 Å². The first kappa shape index (κ1) is 14.0. The van der Waals surface area contributed by atoms with E-state index in [4.69, 9.17) is 0 Å². The maximum Gasteiger partial charge on any atom is 0.301 e. The maximum atomic E-state index is 12.4. The van der Waals surface area contributed by atoms with Crippen molar-refractivity contribution in [3.63, 3.8) is 0 Å². The summed E-state index contributed by atoms with van der Waals surface area (Å²) < 4.78 is 29.0. The second-order valence-electron chi connectivity index (χ2n) is 4.85. The summed E-state index contributed by atoms with van der Waals surface area (Å²) in [6, 6.07) is 6.99. The van der Waals surface area contributed by atoms with Crippen molar-refractivity contribution in [2.75, 3.05) is 17.8 Å². The zero-order valence-electron chi connectivity index (χ0n) is 11.4. The molecule has 0 radical (unpaired) electrons. The third-order valence-corrected chi connectivity index (χ3v) is 4.93. The Balaban J connectivity index is 1.88. The van der Waals surface area contributed by atoms with Gasteiger partial charge in [0, 0.05) is 18.7 Å². The van der Waals surface area contributed by atoms with Crippen molar-refractivity contribution in [2.45, 2.75) is 19.3 Å². The largest absolute Gasteiger partial charge is 0.301 e. The summed E-state index contributed by atoms with van der Waals surface area (Å²) in [4.78, 5) is 0. The Kier molecular flexibility index (Phi) is 3.84. The van der Waals surface area contributed by atoms with E-state index in [9.17, 15) is 8.42 Å². The summed E-state index contributed by atoms with van der Waals surface area (Å²) >= 11 is 0. The second kappa shape index (κ2) is 5.78. The Morgan fingerprint density at radius 2 is 1.90 bits per heavy atom. The van der Waals surface area contributed by atoms with Gasteiger partial charge in [-0.1, -0.05) is 18.6 Å². The monoisotopic (exact) mass is 308 g/mol. The Morgan fingerprint density at radius 3 is 2.62 bits per heavy atom. The van der Waals surface area contributed by atoms with Crippen molar-refractivity contribution in [1.82, 2.24) is 24.9 Å². The molecule has 21 heavy (non-hydrogen) atoms. The number of nitrogens with one attached hydrogen (secondary N) is 2. The molecular formula is C12H16N6O2S. The normalized spacial score (nSPS) is 16.8. The van der Waals surface area contributed by atoms with Crippen LogP contribution >= 0.6 is 0 Å². The number of rotatable bonds is 4. The smallest absolute Gasteiger partial charge is 0.270 e. The van der Waals surface area contributed by atoms with Gasteiger partial charge in [-0.2, -0.15) is 17.9 Å². The number of nitrogens with zero attached hydrogens (tertiary/aromatic N) is 4. The summed E-state index contributed by atoms with van der Waals surface area (Å²) in [6.07, 6.45) is 2.87. The lowest BCUT2D eigenvalue weighted by molar-refractivity contribution is 0.349. The molecule has 0 saturated carbocycles. The van der Waals surface area contributed by atoms with E-state index in [0.29, 0.717) is 30.2 Å². The van der Waals surface area contributed by atoms with Gasteiger partial charge in [0.15, 0.2) is 0 Å².